The quantitative estimate of drug-likeness (QED) is 0.834. The van der Waals surface area contributed by atoms with Gasteiger partial charge in [-0.2, -0.15) is 0 Å². The third-order valence-corrected chi connectivity index (χ3v) is 4.05. The number of hydrogen-bond acceptors (Lipinski definition) is 4. The smallest absolute Gasteiger partial charge is 0.242 e. The third-order valence-electron chi connectivity index (χ3n) is 2.55. The molecular formula is C12H15NO4S. The molecule has 0 aromatic heterocycles. The van der Waals surface area contributed by atoms with Crippen LogP contribution in [0.2, 0.25) is 0 Å². The summed E-state index contributed by atoms with van der Waals surface area (Å²) in [5.74, 6) is -0.736. The first-order valence-electron chi connectivity index (χ1n) is 5.32. The van der Waals surface area contributed by atoms with Crippen molar-refractivity contribution in [3.05, 3.63) is 29.8 Å². The average molecular weight is 269 g/mol. The Kier molecular flexibility index (Phi) is 4.24. The van der Waals surface area contributed by atoms with E-state index < -0.39 is 21.0 Å². The van der Waals surface area contributed by atoms with E-state index in [1.165, 1.54) is 19.9 Å². The Morgan fingerprint density at radius 3 is 2.39 bits per heavy atom. The second-order valence-corrected chi connectivity index (χ2v) is 6.46. The van der Waals surface area contributed by atoms with Crippen LogP contribution < -0.4 is 5.32 Å². The molecule has 0 saturated heterocycles. The second-order valence-electron chi connectivity index (χ2n) is 4.10. The number of amides is 1. The summed E-state index contributed by atoms with van der Waals surface area (Å²) in [6.07, 6.45) is 1.00. The number of ketones is 1. The SMILES string of the molecule is CC(=O)c1cccc(NC(=O)C(C)S(C)(=O)=O)c1. The largest absolute Gasteiger partial charge is 0.325 e. The fraction of sp³-hybridized carbons (Fsp3) is 0.333. The highest BCUT2D eigenvalue weighted by Gasteiger charge is 2.23. The van der Waals surface area contributed by atoms with Crippen molar-refractivity contribution in [3.63, 3.8) is 0 Å². The maximum absolute atomic E-state index is 11.7. The summed E-state index contributed by atoms with van der Waals surface area (Å²) in [7, 11) is -3.43. The number of sulfone groups is 1. The summed E-state index contributed by atoms with van der Waals surface area (Å²) >= 11 is 0. The molecule has 5 nitrogen and oxygen atoms in total. The van der Waals surface area contributed by atoms with Crippen LogP contribution >= 0.6 is 0 Å². The molecule has 98 valence electrons. The zero-order valence-corrected chi connectivity index (χ0v) is 11.2. The Labute approximate surface area is 106 Å². The lowest BCUT2D eigenvalue weighted by Gasteiger charge is -2.10. The maximum Gasteiger partial charge on any atom is 0.242 e. The normalized spacial score (nSPS) is 12.8. The van der Waals surface area contributed by atoms with Crippen molar-refractivity contribution in [3.8, 4) is 0 Å². The molecule has 1 aromatic rings. The summed E-state index contributed by atoms with van der Waals surface area (Å²) in [6, 6.07) is 6.35. The van der Waals surface area contributed by atoms with Crippen LogP contribution in [0.3, 0.4) is 0 Å². The van der Waals surface area contributed by atoms with E-state index in [0.717, 1.165) is 6.26 Å². The van der Waals surface area contributed by atoms with Crippen LogP contribution in [0, 0.1) is 0 Å². The van der Waals surface area contributed by atoms with E-state index >= 15 is 0 Å². The number of nitrogens with one attached hydrogen (secondary N) is 1. The lowest BCUT2D eigenvalue weighted by atomic mass is 10.1. The Balaban J connectivity index is 2.89. The van der Waals surface area contributed by atoms with Crippen molar-refractivity contribution in [2.75, 3.05) is 11.6 Å². The molecule has 6 heteroatoms. The van der Waals surface area contributed by atoms with Gasteiger partial charge in [0.15, 0.2) is 15.6 Å². The van der Waals surface area contributed by atoms with Gasteiger partial charge >= 0.3 is 0 Å². The monoisotopic (exact) mass is 269 g/mol. The predicted molar refractivity (Wildman–Crippen MR) is 69.4 cm³/mol. The zero-order chi connectivity index (χ0) is 13.9. The van der Waals surface area contributed by atoms with Crippen LogP contribution in [0.1, 0.15) is 24.2 Å². The Morgan fingerprint density at radius 2 is 1.89 bits per heavy atom. The van der Waals surface area contributed by atoms with Gasteiger partial charge in [-0.25, -0.2) is 8.42 Å². The van der Waals surface area contributed by atoms with Gasteiger partial charge in [-0.05, 0) is 26.0 Å². The molecule has 0 radical (unpaired) electrons. The molecule has 0 saturated carbocycles. The molecule has 1 atom stereocenters. The molecule has 1 unspecified atom stereocenters. The number of rotatable bonds is 4. The predicted octanol–water partition coefficient (Wildman–Crippen LogP) is 1.26. The molecule has 0 fully saturated rings. The van der Waals surface area contributed by atoms with E-state index in [1.54, 1.807) is 18.2 Å². The van der Waals surface area contributed by atoms with Gasteiger partial charge in [-0.3, -0.25) is 9.59 Å². The van der Waals surface area contributed by atoms with Gasteiger partial charge in [0.1, 0.15) is 5.25 Å². The second kappa shape index (κ2) is 5.30. The number of carbonyl (C=O) groups is 2. The van der Waals surface area contributed by atoms with Gasteiger partial charge in [0, 0.05) is 17.5 Å². The molecule has 0 aliphatic rings. The molecule has 1 aromatic carbocycles. The number of carbonyl (C=O) groups excluding carboxylic acids is 2. The van der Waals surface area contributed by atoms with Crippen molar-refractivity contribution in [1.82, 2.24) is 0 Å². The minimum atomic E-state index is -3.43. The lowest BCUT2D eigenvalue weighted by molar-refractivity contribution is -0.115. The molecule has 0 heterocycles. The molecular weight excluding hydrogens is 254 g/mol. The molecule has 0 aliphatic carbocycles. The summed E-state index contributed by atoms with van der Waals surface area (Å²) in [5.41, 5.74) is 0.864. The topological polar surface area (TPSA) is 80.3 Å². The average Bonchev–Trinajstić information content (AvgIpc) is 2.27. The standard InChI is InChI=1S/C12H15NO4S/c1-8(14)10-5-4-6-11(7-10)13-12(15)9(2)18(3,16)17/h4-7,9H,1-3H3,(H,13,15). The van der Waals surface area contributed by atoms with Gasteiger partial charge < -0.3 is 5.32 Å². The van der Waals surface area contributed by atoms with Crippen molar-refractivity contribution in [1.29, 1.82) is 0 Å². The number of anilines is 1. The number of benzene rings is 1. The lowest BCUT2D eigenvalue weighted by Crippen LogP contribution is -2.31. The Hall–Kier alpha value is -1.69. The van der Waals surface area contributed by atoms with Crippen molar-refractivity contribution in [2.45, 2.75) is 19.1 Å². The van der Waals surface area contributed by atoms with Crippen LogP contribution in [0.4, 0.5) is 5.69 Å². The molecule has 18 heavy (non-hydrogen) atoms. The van der Waals surface area contributed by atoms with Gasteiger partial charge in [0.05, 0.1) is 0 Å². The van der Waals surface area contributed by atoms with Gasteiger partial charge in [0.25, 0.3) is 0 Å². The Morgan fingerprint density at radius 1 is 1.28 bits per heavy atom. The van der Waals surface area contributed by atoms with Gasteiger partial charge in [-0.15, -0.1) is 0 Å². The van der Waals surface area contributed by atoms with E-state index in [1.807, 2.05) is 0 Å². The summed E-state index contributed by atoms with van der Waals surface area (Å²) in [6.45, 7) is 2.74. The molecule has 1 N–H and O–H groups in total. The maximum atomic E-state index is 11.7. The summed E-state index contributed by atoms with van der Waals surface area (Å²) in [5, 5.41) is 1.35. The first-order valence-corrected chi connectivity index (χ1v) is 7.28. The zero-order valence-electron chi connectivity index (χ0n) is 10.4. The highest BCUT2D eigenvalue weighted by atomic mass is 32.2. The van der Waals surface area contributed by atoms with E-state index in [9.17, 15) is 18.0 Å². The molecule has 1 amide bonds. The molecule has 0 aliphatic heterocycles. The minimum absolute atomic E-state index is 0.123. The van der Waals surface area contributed by atoms with Crippen LogP contribution in [0.15, 0.2) is 24.3 Å². The first-order chi connectivity index (χ1) is 8.21. The van der Waals surface area contributed by atoms with Crippen molar-refractivity contribution >= 4 is 27.2 Å². The van der Waals surface area contributed by atoms with Crippen LogP contribution in [0.5, 0.6) is 0 Å². The van der Waals surface area contributed by atoms with Crippen LogP contribution in [-0.4, -0.2) is 31.6 Å². The third kappa shape index (κ3) is 3.66. The fourth-order valence-electron chi connectivity index (χ4n) is 1.25. The molecule has 0 spiro atoms. The van der Waals surface area contributed by atoms with E-state index in [-0.39, 0.29) is 5.78 Å². The fourth-order valence-corrected chi connectivity index (χ4v) is 1.70. The number of hydrogen-bond donors (Lipinski definition) is 1. The molecule has 1 rings (SSSR count). The molecule has 0 bridgehead atoms. The summed E-state index contributed by atoms with van der Waals surface area (Å²) in [4.78, 5) is 22.8. The van der Waals surface area contributed by atoms with E-state index in [4.69, 9.17) is 0 Å². The summed E-state index contributed by atoms with van der Waals surface area (Å²) < 4.78 is 22.4. The van der Waals surface area contributed by atoms with Crippen LogP contribution in [-0.2, 0) is 14.6 Å². The highest BCUT2D eigenvalue weighted by molar-refractivity contribution is 7.92. The van der Waals surface area contributed by atoms with E-state index in [0.29, 0.717) is 11.3 Å². The highest BCUT2D eigenvalue weighted by Crippen LogP contribution is 2.12. The van der Waals surface area contributed by atoms with Crippen molar-refractivity contribution < 1.29 is 18.0 Å². The first kappa shape index (κ1) is 14.4. The van der Waals surface area contributed by atoms with Gasteiger partial charge in [-0.1, -0.05) is 12.1 Å². The van der Waals surface area contributed by atoms with Crippen molar-refractivity contribution in [2.24, 2.45) is 0 Å². The van der Waals surface area contributed by atoms with Gasteiger partial charge in [0.2, 0.25) is 5.91 Å². The minimum Gasteiger partial charge on any atom is -0.325 e. The Bertz CT molecular complexity index is 577. The van der Waals surface area contributed by atoms with Crippen LogP contribution in [0.25, 0.3) is 0 Å². The van der Waals surface area contributed by atoms with E-state index in [2.05, 4.69) is 5.32 Å². The number of Topliss-reactive ketones (excluding diaryl/α,β-unsaturated/α-hetero) is 1.